The van der Waals surface area contributed by atoms with Crippen LogP contribution in [0.5, 0.6) is 5.88 Å². The lowest BCUT2D eigenvalue weighted by atomic mass is 10.5. The lowest BCUT2D eigenvalue weighted by molar-refractivity contribution is 0.325. The van der Waals surface area contributed by atoms with E-state index in [9.17, 15) is 0 Å². The molecule has 0 radical (unpaired) electrons. The number of nitrogens with one attached hydrogen (secondary N) is 1. The van der Waals surface area contributed by atoms with E-state index < -0.39 is 0 Å². The van der Waals surface area contributed by atoms with Crippen molar-refractivity contribution in [3.05, 3.63) is 12.4 Å². The summed E-state index contributed by atoms with van der Waals surface area (Å²) in [5, 5.41) is 3.14. The zero-order valence-electron chi connectivity index (χ0n) is 8.08. The van der Waals surface area contributed by atoms with Crippen molar-refractivity contribution in [3.8, 4) is 5.88 Å². The van der Waals surface area contributed by atoms with Crippen molar-refractivity contribution in [1.82, 2.24) is 9.97 Å². The van der Waals surface area contributed by atoms with Crippen LogP contribution in [0.4, 0.5) is 5.82 Å². The molecule has 0 saturated carbocycles. The molecule has 0 fully saturated rings. The van der Waals surface area contributed by atoms with Crippen molar-refractivity contribution in [2.75, 3.05) is 18.5 Å². The summed E-state index contributed by atoms with van der Waals surface area (Å²) < 4.78 is 5.21. The molecule has 0 spiro atoms. The first-order chi connectivity index (χ1) is 6.36. The van der Waals surface area contributed by atoms with Crippen LogP contribution in [-0.4, -0.2) is 23.1 Å². The first-order valence-corrected chi connectivity index (χ1v) is 4.55. The molecule has 72 valence electrons. The molecule has 0 atom stereocenters. The lowest BCUT2D eigenvalue weighted by Crippen LogP contribution is -2.04. The molecule has 1 aromatic heterocycles. The molecule has 0 aliphatic rings. The number of anilines is 1. The van der Waals surface area contributed by atoms with E-state index in [-0.39, 0.29) is 0 Å². The summed E-state index contributed by atoms with van der Waals surface area (Å²) in [5.41, 5.74) is 0. The van der Waals surface area contributed by atoms with E-state index in [0.717, 1.165) is 18.8 Å². The van der Waals surface area contributed by atoms with E-state index in [1.54, 1.807) is 12.4 Å². The molecule has 0 unspecified atom stereocenters. The average molecular weight is 181 g/mol. The van der Waals surface area contributed by atoms with E-state index in [1.165, 1.54) is 0 Å². The molecule has 0 aliphatic heterocycles. The van der Waals surface area contributed by atoms with Crippen LogP contribution in [-0.2, 0) is 0 Å². The molecule has 13 heavy (non-hydrogen) atoms. The first kappa shape index (κ1) is 9.77. The molecular weight excluding hydrogens is 166 g/mol. The Kier molecular flexibility index (Phi) is 4.02. The van der Waals surface area contributed by atoms with E-state index in [1.807, 2.05) is 6.92 Å². The maximum atomic E-state index is 5.21. The second-order valence-electron chi connectivity index (χ2n) is 2.60. The van der Waals surface area contributed by atoms with E-state index in [4.69, 9.17) is 4.74 Å². The number of hydrogen-bond donors (Lipinski definition) is 1. The van der Waals surface area contributed by atoms with E-state index in [0.29, 0.717) is 12.5 Å². The van der Waals surface area contributed by atoms with Gasteiger partial charge in [-0.15, -0.1) is 0 Å². The van der Waals surface area contributed by atoms with Crippen LogP contribution >= 0.6 is 0 Å². The lowest BCUT2D eigenvalue weighted by Gasteiger charge is -2.05. The predicted octanol–water partition coefficient (Wildman–Crippen LogP) is 1.70. The SMILES string of the molecule is CCCNc1cncc(OCC)n1. The van der Waals surface area contributed by atoms with Gasteiger partial charge in [0, 0.05) is 6.54 Å². The van der Waals surface area contributed by atoms with Gasteiger partial charge in [-0.2, -0.15) is 4.98 Å². The highest BCUT2D eigenvalue weighted by Crippen LogP contribution is 2.08. The van der Waals surface area contributed by atoms with Crippen LogP contribution in [0, 0.1) is 0 Å². The smallest absolute Gasteiger partial charge is 0.234 e. The summed E-state index contributed by atoms with van der Waals surface area (Å²) in [6, 6.07) is 0. The molecule has 4 heteroatoms. The Hall–Kier alpha value is -1.32. The molecule has 0 saturated heterocycles. The highest BCUT2D eigenvalue weighted by Gasteiger charge is 1.96. The molecule has 1 rings (SSSR count). The number of hydrogen-bond acceptors (Lipinski definition) is 4. The third kappa shape index (κ3) is 3.27. The minimum Gasteiger partial charge on any atom is -0.477 e. The fraction of sp³-hybridized carbons (Fsp3) is 0.556. The van der Waals surface area contributed by atoms with Crippen molar-refractivity contribution in [3.63, 3.8) is 0 Å². The van der Waals surface area contributed by atoms with Crippen molar-refractivity contribution in [2.24, 2.45) is 0 Å². The third-order valence-electron chi connectivity index (χ3n) is 1.46. The fourth-order valence-electron chi connectivity index (χ4n) is 0.904. The summed E-state index contributed by atoms with van der Waals surface area (Å²) in [6.07, 6.45) is 4.37. The monoisotopic (exact) mass is 181 g/mol. The zero-order chi connectivity index (χ0) is 9.52. The Labute approximate surface area is 78.4 Å². The van der Waals surface area contributed by atoms with Crippen LogP contribution in [0.1, 0.15) is 20.3 Å². The maximum absolute atomic E-state index is 5.21. The van der Waals surface area contributed by atoms with Crippen LogP contribution in [0.2, 0.25) is 0 Å². The van der Waals surface area contributed by atoms with Gasteiger partial charge in [0.2, 0.25) is 5.88 Å². The second-order valence-corrected chi connectivity index (χ2v) is 2.60. The Morgan fingerprint density at radius 1 is 1.38 bits per heavy atom. The van der Waals surface area contributed by atoms with Crippen LogP contribution in [0.25, 0.3) is 0 Å². The van der Waals surface area contributed by atoms with Crippen LogP contribution in [0.15, 0.2) is 12.4 Å². The van der Waals surface area contributed by atoms with Crippen molar-refractivity contribution in [1.29, 1.82) is 0 Å². The largest absolute Gasteiger partial charge is 0.477 e. The summed E-state index contributed by atoms with van der Waals surface area (Å²) >= 11 is 0. The van der Waals surface area contributed by atoms with Gasteiger partial charge in [-0.05, 0) is 13.3 Å². The minimum atomic E-state index is 0.573. The summed E-state index contributed by atoms with van der Waals surface area (Å²) in [7, 11) is 0. The predicted molar refractivity (Wildman–Crippen MR) is 52.0 cm³/mol. The van der Waals surface area contributed by atoms with Gasteiger partial charge in [0.25, 0.3) is 0 Å². The van der Waals surface area contributed by atoms with E-state index in [2.05, 4.69) is 22.2 Å². The van der Waals surface area contributed by atoms with Crippen molar-refractivity contribution < 1.29 is 4.74 Å². The molecule has 0 aromatic carbocycles. The van der Waals surface area contributed by atoms with Gasteiger partial charge in [0.15, 0.2) is 0 Å². The van der Waals surface area contributed by atoms with Gasteiger partial charge in [-0.1, -0.05) is 6.92 Å². The van der Waals surface area contributed by atoms with Gasteiger partial charge in [-0.3, -0.25) is 4.98 Å². The fourth-order valence-corrected chi connectivity index (χ4v) is 0.904. The number of aromatic nitrogens is 2. The highest BCUT2D eigenvalue weighted by molar-refractivity contribution is 5.32. The topological polar surface area (TPSA) is 47.0 Å². The van der Waals surface area contributed by atoms with Crippen molar-refractivity contribution >= 4 is 5.82 Å². The normalized spacial score (nSPS) is 9.69. The summed E-state index contributed by atoms with van der Waals surface area (Å²) in [6.45, 7) is 5.55. The Bertz CT molecular complexity index is 252. The number of ether oxygens (including phenoxy) is 1. The molecule has 1 N–H and O–H groups in total. The third-order valence-corrected chi connectivity index (χ3v) is 1.46. The summed E-state index contributed by atoms with van der Waals surface area (Å²) in [4.78, 5) is 8.21. The molecular formula is C9H15N3O. The van der Waals surface area contributed by atoms with Crippen LogP contribution < -0.4 is 10.1 Å². The van der Waals surface area contributed by atoms with E-state index >= 15 is 0 Å². The van der Waals surface area contributed by atoms with Gasteiger partial charge in [0.1, 0.15) is 5.82 Å². The molecule has 0 aliphatic carbocycles. The highest BCUT2D eigenvalue weighted by atomic mass is 16.5. The quantitative estimate of drug-likeness (QED) is 0.751. The summed E-state index contributed by atoms with van der Waals surface area (Å²) in [5.74, 6) is 1.34. The average Bonchev–Trinajstić information content (AvgIpc) is 2.16. The number of nitrogens with zero attached hydrogens (tertiary/aromatic N) is 2. The standard InChI is InChI=1S/C9H15N3O/c1-3-5-11-8-6-10-7-9(12-8)13-4-2/h6-7H,3-5H2,1-2H3,(H,11,12). The van der Waals surface area contributed by atoms with Gasteiger partial charge < -0.3 is 10.1 Å². The van der Waals surface area contributed by atoms with Gasteiger partial charge in [0.05, 0.1) is 19.0 Å². The zero-order valence-corrected chi connectivity index (χ0v) is 8.08. The molecule has 1 aromatic rings. The van der Waals surface area contributed by atoms with Gasteiger partial charge in [-0.25, -0.2) is 0 Å². The Morgan fingerprint density at radius 2 is 2.23 bits per heavy atom. The number of rotatable bonds is 5. The first-order valence-electron chi connectivity index (χ1n) is 4.55. The minimum absolute atomic E-state index is 0.573. The Morgan fingerprint density at radius 3 is 2.92 bits per heavy atom. The van der Waals surface area contributed by atoms with Gasteiger partial charge >= 0.3 is 0 Å². The molecule has 4 nitrogen and oxygen atoms in total. The maximum Gasteiger partial charge on any atom is 0.234 e. The van der Waals surface area contributed by atoms with Crippen LogP contribution in [0.3, 0.4) is 0 Å². The van der Waals surface area contributed by atoms with Crippen molar-refractivity contribution in [2.45, 2.75) is 20.3 Å². The second kappa shape index (κ2) is 5.35. The molecule has 0 amide bonds. The molecule has 1 heterocycles. The Balaban J connectivity index is 2.56. The molecule has 0 bridgehead atoms.